The van der Waals surface area contributed by atoms with Crippen molar-refractivity contribution in [2.24, 2.45) is 0 Å². The predicted octanol–water partition coefficient (Wildman–Crippen LogP) is 2.38. The molecule has 2 aliphatic rings. The minimum absolute atomic E-state index is 0.0131. The maximum absolute atomic E-state index is 12.4. The van der Waals surface area contributed by atoms with E-state index < -0.39 is 6.10 Å². The first-order valence-corrected chi connectivity index (χ1v) is 12.8. The first-order valence-electron chi connectivity index (χ1n) is 12.8. The Bertz CT molecular complexity index is 1250. The third-order valence-electron chi connectivity index (χ3n) is 7.47. The lowest BCUT2D eigenvalue weighted by Gasteiger charge is -2.32. The molecule has 1 aliphatic heterocycles. The van der Waals surface area contributed by atoms with Crippen molar-refractivity contribution in [3.05, 3.63) is 76.1 Å². The fraction of sp³-hybridized carbons (Fsp3) is 0.429. The second-order valence-corrected chi connectivity index (χ2v) is 10.0. The Morgan fingerprint density at radius 3 is 2.64 bits per heavy atom. The molecule has 8 nitrogen and oxygen atoms in total. The van der Waals surface area contributed by atoms with E-state index in [1.165, 1.54) is 17.7 Å². The number of aromatic nitrogens is 1. The molecule has 2 aromatic carbocycles. The zero-order valence-electron chi connectivity index (χ0n) is 20.3. The highest BCUT2D eigenvalue weighted by Crippen LogP contribution is 2.40. The smallest absolute Gasteiger partial charge is 0.248 e. The van der Waals surface area contributed by atoms with E-state index in [1.807, 2.05) is 18.2 Å². The van der Waals surface area contributed by atoms with Gasteiger partial charge in [0, 0.05) is 49.0 Å². The molecule has 5 rings (SSSR count). The zero-order valence-corrected chi connectivity index (χ0v) is 20.3. The van der Waals surface area contributed by atoms with E-state index in [1.54, 1.807) is 12.1 Å². The molecular weight excluding hydrogens is 456 g/mol. The molecule has 1 aromatic heterocycles. The van der Waals surface area contributed by atoms with Crippen LogP contribution in [0.3, 0.4) is 0 Å². The quantitative estimate of drug-likeness (QED) is 0.314. The van der Waals surface area contributed by atoms with Crippen molar-refractivity contribution in [1.29, 1.82) is 0 Å². The van der Waals surface area contributed by atoms with Crippen molar-refractivity contribution in [3.63, 3.8) is 0 Å². The molecule has 2 fully saturated rings. The number of H-pyrrole nitrogens is 1. The molecule has 1 saturated carbocycles. The zero-order chi connectivity index (χ0) is 25.1. The van der Waals surface area contributed by atoms with Crippen LogP contribution in [0.4, 0.5) is 0 Å². The number of fused-ring (bicyclic) bond motifs is 1. The number of hydrogen-bond donors (Lipinski definition) is 5. The fourth-order valence-corrected chi connectivity index (χ4v) is 5.26. The van der Waals surface area contributed by atoms with Gasteiger partial charge in [-0.2, -0.15) is 0 Å². The summed E-state index contributed by atoms with van der Waals surface area (Å²) in [6.07, 6.45) is 2.69. The lowest BCUT2D eigenvalue weighted by Crippen LogP contribution is -2.44. The normalized spacial score (nSPS) is 21.4. The van der Waals surface area contributed by atoms with E-state index in [0.717, 1.165) is 38.9 Å². The first-order chi connectivity index (χ1) is 17.5. The number of phenolic OH excluding ortho intramolecular Hbond substituents is 1. The number of carbonyl (C=O) groups is 1. The largest absolute Gasteiger partial charge is 0.506 e. The van der Waals surface area contributed by atoms with Gasteiger partial charge in [-0.3, -0.25) is 9.59 Å². The van der Waals surface area contributed by atoms with Gasteiger partial charge >= 0.3 is 0 Å². The molecule has 5 N–H and O–H groups in total. The van der Waals surface area contributed by atoms with Gasteiger partial charge < -0.3 is 30.7 Å². The van der Waals surface area contributed by atoms with Gasteiger partial charge in [0.1, 0.15) is 5.75 Å². The number of aliphatic hydroxyl groups is 1. The summed E-state index contributed by atoms with van der Waals surface area (Å²) in [5, 5.41) is 28.1. The van der Waals surface area contributed by atoms with Crippen LogP contribution in [0.15, 0.2) is 59.4 Å². The van der Waals surface area contributed by atoms with Crippen molar-refractivity contribution in [1.82, 2.24) is 20.5 Å². The molecule has 2 heterocycles. The molecule has 3 atom stereocenters. The SMILES string of the molecule is O=C(CCN1CCC(NC[C@@H](O)c2ccc(O)c3[nH]c(=O)ccc23)CC1)N[C@@H]1C[C@H]1c1ccccc1. The Balaban J connectivity index is 1.03. The summed E-state index contributed by atoms with van der Waals surface area (Å²) in [5.41, 5.74) is 2.01. The van der Waals surface area contributed by atoms with E-state index in [4.69, 9.17) is 0 Å². The van der Waals surface area contributed by atoms with E-state index in [2.05, 4.69) is 32.7 Å². The van der Waals surface area contributed by atoms with Crippen molar-refractivity contribution in [3.8, 4) is 5.75 Å². The standard InChI is InChI=1S/C28H34N4O4/c33-24-8-6-20(21-7-9-26(35)31-28(21)24)25(34)17-29-19-10-13-32(14-11-19)15-12-27(36)30-23-16-22(23)18-4-2-1-3-5-18/h1-9,19,22-23,25,29,33-34H,10-17H2,(H,30,36)(H,31,35)/t22-,23+,25+/m0/s1. The Morgan fingerprint density at radius 1 is 1.08 bits per heavy atom. The summed E-state index contributed by atoms with van der Waals surface area (Å²) in [6.45, 7) is 2.98. The lowest BCUT2D eigenvalue weighted by molar-refractivity contribution is -0.121. The summed E-state index contributed by atoms with van der Waals surface area (Å²) < 4.78 is 0. The van der Waals surface area contributed by atoms with Crippen molar-refractivity contribution in [2.75, 3.05) is 26.2 Å². The van der Waals surface area contributed by atoms with Crippen LogP contribution in [0.25, 0.3) is 10.9 Å². The summed E-state index contributed by atoms with van der Waals surface area (Å²) in [7, 11) is 0. The number of aliphatic hydroxyl groups excluding tert-OH is 1. The number of benzene rings is 2. The number of rotatable bonds is 9. The van der Waals surface area contributed by atoms with Crippen LogP contribution in [0, 0.1) is 0 Å². The molecule has 3 aromatic rings. The third kappa shape index (κ3) is 5.78. The first kappa shape index (κ1) is 24.5. The van der Waals surface area contributed by atoms with E-state index in [9.17, 15) is 19.8 Å². The second-order valence-electron chi connectivity index (χ2n) is 10.0. The van der Waals surface area contributed by atoms with Gasteiger partial charge in [0.25, 0.3) is 0 Å². The van der Waals surface area contributed by atoms with Gasteiger partial charge in [-0.25, -0.2) is 0 Å². The maximum atomic E-state index is 12.4. The minimum Gasteiger partial charge on any atom is -0.506 e. The Labute approximate surface area is 210 Å². The fourth-order valence-electron chi connectivity index (χ4n) is 5.26. The number of aromatic hydroxyl groups is 1. The van der Waals surface area contributed by atoms with Crippen LogP contribution in [0.2, 0.25) is 0 Å². The topological polar surface area (TPSA) is 118 Å². The van der Waals surface area contributed by atoms with Crippen LogP contribution in [-0.4, -0.2) is 64.3 Å². The van der Waals surface area contributed by atoms with Gasteiger partial charge in [-0.05, 0) is 55.6 Å². The molecule has 0 radical (unpaired) electrons. The summed E-state index contributed by atoms with van der Waals surface area (Å²) in [5.74, 6) is 0.569. The van der Waals surface area contributed by atoms with E-state index in [0.29, 0.717) is 41.4 Å². The minimum atomic E-state index is -0.761. The number of amides is 1. The Kier molecular flexibility index (Phi) is 7.36. The molecule has 8 heteroatoms. The molecular formula is C28H34N4O4. The molecule has 0 unspecified atom stereocenters. The van der Waals surface area contributed by atoms with Crippen LogP contribution in [-0.2, 0) is 4.79 Å². The number of likely N-dealkylation sites (tertiary alicyclic amines) is 1. The number of piperidine rings is 1. The van der Waals surface area contributed by atoms with Gasteiger partial charge in [-0.15, -0.1) is 0 Å². The van der Waals surface area contributed by atoms with Crippen LogP contribution >= 0.6 is 0 Å². The Morgan fingerprint density at radius 2 is 1.86 bits per heavy atom. The van der Waals surface area contributed by atoms with Gasteiger partial charge in [0.2, 0.25) is 11.5 Å². The molecule has 1 saturated heterocycles. The highest BCUT2D eigenvalue weighted by molar-refractivity contribution is 5.87. The predicted molar refractivity (Wildman–Crippen MR) is 139 cm³/mol. The molecule has 1 amide bonds. The Hall–Kier alpha value is -3.20. The average Bonchev–Trinajstić information content (AvgIpc) is 3.66. The number of pyridine rings is 1. The number of hydrogen-bond acceptors (Lipinski definition) is 6. The van der Waals surface area contributed by atoms with E-state index >= 15 is 0 Å². The van der Waals surface area contributed by atoms with Crippen molar-refractivity contribution < 1.29 is 15.0 Å². The number of aromatic amines is 1. The molecule has 0 spiro atoms. The highest BCUT2D eigenvalue weighted by Gasteiger charge is 2.39. The molecule has 1 aliphatic carbocycles. The summed E-state index contributed by atoms with van der Waals surface area (Å²) >= 11 is 0. The summed E-state index contributed by atoms with van der Waals surface area (Å²) in [4.78, 5) is 29.0. The van der Waals surface area contributed by atoms with E-state index in [-0.39, 0.29) is 23.3 Å². The average molecular weight is 491 g/mol. The number of nitrogens with one attached hydrogen (secondary N) is 3. The monoisotopic (exact) mass is 490 g/mol. The maximum Gasteiger partial charge on any atom is 0.248 e. The van der Waals surface area contributed by atoms with Crippen molar-refractivity contribution >= 4 is 16.8 Å². The molecule has 0 bridgehead atoms. The highest BCUT2D eigenvalue weighted by atomic mass is 16.3. The lowest BCUT2D eigenvalue weighted by atomic mass is 10.0. The number of phenols is 1. The molecule has 190 valence electrons. The van der Waals surface area contributed by atoms with Gasteiger partial charge in [0.15, 0.2) is 0 Å². The van der Waals surface area contributed by atoms with Crippen LogP contribution in [0.1, 0.15) is 48.8 Å². The number of carbonyl (C=O) groups excluding carboxylic acids is 1. The van der Waals surface area contributed by atoms with Gasteiger partial charge in [0.05, 0.1) is 11.6 Å². The second kappa shape index (κ2) is 10.8. The van der Waals surface area contributed by atoms with Gasteiger partial charge in [-0.1, -0.05) is 36.4 Å². The summed E-state index contributed by atoms with van der Waals surface area (Å²) in [6, 6.07) is 17.1. The molecule has 36 heavy (non-hydrogen) atoms. The van der Waals surface area contributed by atoms with Crippen molar-refractivity contribution in [2.45, 2.75) is 49.8 Å². The van der Waals surface area contributed by atoms with Crippen LogP contribution < -0.4 is 16.2 Å². The third-order valence-corrected chi connectivity index (χ3v) is 7.47. The van der Waals surface area contributed by atoms with Crippen LogP contribution in [0.5, 0.6) is 5.75 Å². The number of nitrogens with zero attached hydrogens (tertiary/aromatic N) is 1.